The highest BCUT2D eigenvalue weighted by molar-refractivity contribution is 5.94. The molecule has 0 amide bonds. The van der Waals surface area contributed by atoms with E-state index in [-0.39, 0.29) is 29.7 Å². The maximum Gasteiger partial charge on any atom is 0.337 e. The highest BCUT2D eigenvalue weighted by Gasteiger charge is 2.08. The van der Waals surface area contributed by atoms with Gasteiger partial charge in [0.1, 0.15) is 6.61 Å². The third kappa shape index (κ3) is 24.8. The summed E-state index contributed by atoms with van der Waals surface area (Å²) in [5.41, 5.74) is 0.0368. The number of rotatable bonds is 12. The Morgan fingerprint density at radius 1 is 0.903 bits per heavy atom. The lowest BCUT2D eigenvalue weighted by molar-refractivity contribution is -0.140. The number of hydrogen-bond donors (Lipinski definition) is 1. The molecule has 0 spiro atoms. The van der Waals surface area contributed by atoms with E-state index in [1.165, 1.54) is 20.1 Å². The van der Waals surface area contributed by atoms with Crippen LogP contribution in [0.4, 0.5) is 0 Å². The number of ether oxygens (including phenoxy) is 4. The van der Waals surface area contributed by atoms with Crippen molar-refractivity contribution in [1.29, 1.82) is 0 Å². The number of unbranched alkanes of at least 4 members (excludes halogenated alkanes) is 1. The summed E-state index contributed by atoms with van der Waals surface area (Å²) in [6.07, 6.45) is 5.46. The molecule has 0 fully saturated rings. The summed E-state index contributed by atoms with van der Waals surface area (Å²) in [5.74, 6) is -2.43. The fourth-order valence-electron chi connectivity index (χ4n) is 1.27. The van der Waals surface area contributed by atoms with E-state index in [0.29, 0.717) is 19.8 Å². The Bertz CT molecular complexity index is 618. The predicted molar refractivity (Wildman–Crippen MR) is 116 cm³/mol. The van der Waals surface area contributed by atoms with Crippen molar-refractivity contribution in [3.63, 3.8) is 0 Å². The third-order valence-electron chi connectivity index (χ3n) is 2.87. The van der Waals surface area contributed by atoms with Crippen molar-refractivity contribution in [2.75, 3.05) is 33.5 Å². The van der Waals surface area contributed by atoms with E-state index >= 15 is 0 Å². The molecule has 0 aromatic heterocycles. The van der Waals surface area contributed by atoms with Gasteiger partial charge >= 0.3 is 23.9 Å². The Morgan fingerprint density at radius 2 is 1.45 bits per heavy atom. The number of carbonyl (C=O) groups is 4. The van der Waals surface area contributed by atoms with Crippen molar-refractivity contribution >= 4 is 23.9 Å². The number of hydrogen-bond acceptors (Lipinski definition) is 8. The minimum atomic E-state index is -1.10. The van der Waals surface area contributed by atoms with Crippen LogP contribution in [0.15, 0.2) is 49.1 Å². The second-order valence-electron chi connectivity index (χ2n) is 5.47. The topological polar surface area (TPSA) is 125 Å². The molecule has 176 valence electrons. The Hall–Kier alpha value is -3.20. The molecule has 0 aliphatic carbocycles. The number of aliphatic carboxylic acids is 1. The van der Waals surface area contributed by atoms with Gasteiger partial charge in [-0.3, -0.25) is 0 Å². The summed E-state index contributed by atoms with van der Waals surface area (Å²) >= 11 is 0. The number of carbonyl (C=O) groups excluding carboxylic acids is 3. The van der Waals surface area contributed by atoms with Crippen LogP contribution >= 0.6 is 0 Å². The summed E-state index contributed by atoms with van der Waals surface area (Å²) in [4.78, 5) is 42.0. The molecule has 0 aliphatic rings. The zero-order valence-corrected chi connectivity index (χ0v) is 18.8. The molecular formula is C22H34O9. The predicted octanol–water partition coefficient (Wildman–Crippen LogP) is 3.01. The lowest BCUT2D eigenvalue weighted by Crippen LogP contribution is -2.11. The van der Waals surface area contributed by atoms with Gasteiger partial charge in [0.05, 0.1) is 25.4 Å². The SMILES string of the molecule is C=C(C=C(C)C(=O)O)C(=O)OCCOC.C=CC(=O)OCC.C=CC(=O)OCCCC. The van der Waals surface area contributed by atoms with E-state index < -0.39 is 11.9 Å². The molecule has 0 atom stereocenters. The average molecular weight is 443 g/mol. The molecule has 9 nitrogen and oxygen atoms in total. The zero-order valence-electron chi connectivity index (χ0n) is 18.8. The highest BCUT2D eigenvalue weighted by atomic mass is 16.6. The van der Waals surface area contributed by atoms with E-state index in [1.54, 1.807) is 6.92 Å². The van der Waals surface area contributed by atoms with Gasteiger partial charge in [0.2, 0.25) is 0 Å². The largest absolute Gasteiger partial charge is 0.478 e. The van der Waals surface area contributed by atoms with Crippen LogP contribution in [-0.2, 0) is 38.1 Å². The summed E-state index contributed by atoms with van der Waals surface area (Å²) in [5, 5.41) is 8.55. The van der Waals surface area contributed by atoms with Crippen molar-refractivity contribution in [3.8, 4) is 0 Å². The first-order valence-corrected chi connectivity index (χ1v) is 9.45. The molecule has 1 N–H and O–H groups in total. The quantitative estimate of drug-likeness (QED) is 0.160. The van der Waals surface area contributed by atoms with Crippen molar-refractivity contribution in [2.45, 2.75) is 33.6 Å². The molecule has 9 heteroatoms. The summed E-state index contributed by atoms with van der Waals surface area (Å²) in [6.45, 7) is 16.4. The number of carboxylic acid groups (broad SMARTS) is 1. The first-order valence-electron chi connectivity index (χ1n) is 9.45. The van der Waals surface area contributed by atoms with Crippen LogP contribution in [-0.4, -0.2) is 62.5 Å². The van der Waals surface area contributed by atoms with Gasteiger partial charge in [0.15, 0.2) is 0 Å². The van der Waals surface area contributed by atoms with Crippen molar-refractivity contribution < 1.29 is 43.2 Å². The third-order valence-corrected chi connectivity index (χ3v) is 2.87. The van der Waals surface area contributed by atoms with Crippen molar-refractivity contribution in [3.05, 3.63) is 49.1 Å². The maximum absolute atomic E-state index is 11.2. The van der Waals surface area contributed by atoms with Gasteiger partial charge in [0, 0.05) is 24.8 Å². The lowest BCUT2D eigenvalue weighted by atomic mass is 10.2. The molecule has 0 rings (SSSR count). The van der Waals surface area contributed by atoms with E-state index in [9.17, 15) is 19.2 Å². The first-order chi connectivity index (χ1) is 14.6. The molecule has 0 saturated carbocycles. The van der Waals surface area contributed by atoms with E-state index in [1.807, 2.05) is 6.92 Å². The molecule has 0 unspecified atom stereocenters. The number of esters is 3. The number of methoxy groups -OCH3 is 1. The van der Waals surface area contributed by atoms with Gasteiger partial charge in [-0.1, -0.05) is 33.1 Å². The Balaban J connectivity index is -0.000000417. The van der Waals surface area contributed by atoms with Gasteiger partial charge in [-0.2, -0.15) is 0 Å². The molecular weight excluding hydrogens is 408 g/mol. The highest BCUT2D eigenvalue weighted by Crippen LogP contribution is 2.02. The van der Waals surface area contributed by atoms with Gasteiger partial charge in [-0.15, -0.1) is 0 Å². The average Bonchev–Trinajstić information content (AvgIpc) is 2.74. The monoisotopic (exact) mass is 442 g/mol. The minimum absolute atomic E-state index is 0.00556. The molecule has 0 aromatic carbocycles. The molecule has 0 aromatic rings. The standard InChI is InChI=1S/C10H14O5.C7H12O2.C5H8O2/c1-7(9(11)12)6-8(2)10(13)15-5-4-14-3;1-3-5-6-9-7(8)4-2;1-3-5(6)7-4-2/h6H,2,4-5H2,1,3H3,(H,11,12);4H,2-3,5-6H2,1H3;3H,1,4H2,2H3. The van der Waals surface area contributed by atoms with Gasteiger partial charge in [-0.05, 0) is 26.3 Å². The smallest absolute Gasteiger partial charge is 0.337 e. The fourth-order valence-corrected chi connectivity index (χ4v) is 1.27. The second kappa shape index (κ2) is 23.1. The zero-order chi connectivity index (χ0) is 24.7. The van der Waals surface area contributed by atoms with Crippen LogP contribution in [0.3, 0.4) is 0 Å². The molecule has 0 radical (unpaired) electrons. The Labute approximate surface area is 184 Å². The van der Waals surface area contributed by atoms with Crippen molar-refractivity contribution in [2.24, 2.45) is 0 Å². The van der Waals surface area contributed by atoms with Crippen LogP contribution in [0, 0.1) is 0 Å². The summed E-state index contributed by atoms with van der Waals surface area (Å²) < 4.78 is 18.5. The van der Waals surface area contributed by atoms with Gasteiger partial charge in [-0.25, -0.2) is 19.2 Å². The van der Waals surface area contributed by atoms with Crippen LogP contribution in [0.25, 0.3) is 0 Å². The van der Waals surface area contributed by atoms with Crippen LogP contribution in [0.5, 0.6) is 0 Å². The van der Waals surface area contributed by atoms with Crippen LogP contribution in [0.1, 0.15) is 33.6 Å². The first kappa shape index (κ1) is 32.5. The lowest BCUT2D eigenvalue weighted by Gasteiger charge is -2.03. The summed E-state index contributed by atoms with van der Waals surface area (Å²) in [7, 11) is 1.48. The maximum atomic E-state index is 11.2. The van der Waals surface area contributed by atoms with Gasteiger partial charge in [0.25, 0.3) is 0 Å². The Kier molecular flexibility index (Phi) is 24.2. The normalized spacial score (nSPS) is 9.48. The second-order valence-corrected chi connectivity index (χ2v) is 5.47. The fraction of sp³-hybridized carbons (Fsp3) is 0.455. The van der Waals surface area contributed by atoms with Crippen LogP contribution < -0.4 is 0 Å². The van der Waals surface area contributed by atoms with E-state index in [0.717, 1.165) is 25.0 Å². The molecule has 0 heterocycles. The molecule has 0 saturated heterocycles. The van der Waals surface area contributed by atoms with E-state index in [4.69, 9.17) is 9.84 Å². The van der Waals surface area contributed by atoms with Gasteiger partial charge < -0.3 is 24.1 Å². The van der Waals surface area contributed by atoms with Crippen molar-refractivity contribution in [1.82, 2.24) is 0 Å². The minimum Gasteiger partial charge on any atom is -0.478 e. The summed E-state index contributed by atoms with van der Waals surface area (Å²) in [6, 6.07) is 0. The molecule has 0 bridgehead atoms. The van der Waals surface area contributed by atoms with E-state index in [2.05, 4.69) is 33.9 Å². The Morgan fingerprint density at radius 3 is 1.84 bits per heavy atom. The van der Waals surface area contributed by atoms with Crippen LogP contribution in [0.2, 0.25) is 0 Å². The molecule has 31 heavy (non-hydrogen) atoms. The number of carboxylic acids is 1. The molecule has 0 aliphatic heterocycles.